The van der Waals surface area contributed by atoms with Crippen LogP contribution in [0.1, 0.15) is 0 Å². The molecular formula is C55H35N3. The molecule has 0 bridgehead atoms. The van der Waals surface area contributed by atoms with Crippen LogP contribution in [-0.2, 0) is 0 Å². The molecule has 0 aliphatic heterocycles. The highest BCUT2D eigenvalue weighted by Gasteiger charge is 2.15. The van der Waals surface area contributed by atoms with Gasteiger partial charge >= 0.3 is 0 Å². The molecule has 2 aromatic heterocycles. The van der Waals surface area contributed by atoms with Crippen LogP contribution in [0.2, 0.25) is 0 Å². The van der Waals surface area contributed by atoms with E-state index in [4.69, 9.17) is 15.0 Å². The van der Waals surface area contributed by atoms with E-state index >= 15 is 0 Å². The van der Waals surface area contributed by atoms with E-state index in [-0.39, 0.29) is 0 Å². The Morgan fingerprint density at radius 2 is 0.776 bits per heavy atom. The molecule has 9 aromatic carbocycles. The predicted molar refractivity (Wildman–Crippen MR) is 242 cm³/mol. The zero-order chi connectivity index (χ0) is 38.4. The lowest BCUT2D eigenvalue weighted by Gasteiger charge is -2.14. The zero-order valence-corrected chi connectivity index (χ0v) is 31.5. The molecule has 11 aromatic rings. The molecule has 0 aliphatic carbocycles. The lowest BCUT2D eigenvalue weighted by molar-refractivity contribution is 1.18. The van der Waals surface area contributed by atoms with Crippen molar-refractivity contribution in [1.29, 1.82) is 0 Å². The molecule has 2 heterocycles. The number of rotatable bonds is 6. The molecule has 0 atom stereocenters. The summed E-state index contributed by atoms with van der Waals surface area (Å²) < 4.78 is 0. The largest absolute Gasteiger partial charge is 0.248 e. The van der Waals surface area contributed by atoms with Gasteiger partial charge in [-0.3, -0.25) is 0 Å². The van der Waals surface area contributed by atoms with Gasteiger partial charge in [-0.1, -0.05) is 176 Å². The number of nitrogens with zero attached hydrogens (tertiary/aromatic N) is 3. The first-order valence-corrected chi connectivity index (χ1v) is 19.7. The Bertz CT molecular complexity index is 3240. The minimum absolute atomic E-state index is 0.704. The summed E-state index contributed by atoms with van der Waals surface area (Å²) in [6.07, 6.45) is 0. The molecule has 0 saturated carbocycles. The standard InChI is InChI=1S/C55H35N3/c1-2-14-40(15-3-1)51-34-49(54-48-20-9-8-13-39(48)29-30-50(54)56-51)45-19-10-18-44(31-45)38-21-25-41(26-22-38)52-35-53(46-27-23-36-11-4-6-16-42(36)32-46)58-55(57-52)47-28-24-37-12-5-7-17-43(37)33-47/h1-35H. The van der Waals surface area contributed by atoms with Gasteiger partial charge in [0.1, 0.15) is 0 Å². The lowest BCUT2D eigenvalue weighted by atomic mass is 9.92. The van der Waals surface area contributed by atoms with Crippen LogP contribution in [0, 0.1) is 0 Å². The lowest BCUT2D eigenvalue weighted by Crippen LogP contribution is -1.96. The van der Waals surface area contributed by atoms with E-state index in [1.165, 1.54) is 37.9 Å². The van der Waals surface area contributed by atoms with Crippen molar-refractivity contribution in [2.75, 3.05) is 0 Å². The molecular weight excluding hydrogens is 703 g/mol. The molecule has 3 nitrogen and oxygen atoms in total. The Kier molecular flexibility index (Phi) is 8.15. The molecule has 58 heavy (non-hydrogen) atoms. The van der Waals surface area contributed by atoms with Gasteiger partial charge in [0.25, 0.3) is 0 Å². The molecule has 0 aliphatic rings. The summed E-state index contributed by atoms with van der Waals surface area (Å²) >= 11 is 0. The summed E-state index contributed by atoms with van der Waals surface area (Å²) in [4.78, 5) is 15.5. The normalized spacial score (nSPS) is 11.4. The van der Waals surface area contributed by atoms with Crippen LogP contribution in [0.3, 0.4) is 0 Å². The van der Waals surface area contributed by atoms with Gasteiger partial charge in [0.05, 0.1) is 22.6 Å². The Labute approximate surface area is 336 Å². The van der Waals surface area contributed by atoms with E-state index in [1.54, 1.807) is 0 Å². The monoisotopic (exact) mass is 737 g/mol. The molecule has 0 fully saturated rings. The van der Waals surface area contributed by atoms with Crippen LogP contribution >= 0.6 is 0 Å². The molecule has 0 spiro atoms. The van der Waals surface area contributed by atoms with Gasteiger partial charge in [0.2, 0.25) is 0 Å². The number of hydrogen-bond donors (Lipinski definition) is 0. The maximum atomic E-state index is 5.19. The maximum Gasteiger partial charge on any atom is 0.160 e. The van der Waals surface area contributed by atoms with Crippen molar-refractivity contribution in [1.82, 2.24) is 15.0 Å². The molecule has 0 amide bonds. The summed E-state index contributed by atoms with van der Waals surface area (Å²) in [5.74, 6) is 0.704. The van der Waals surface area contributed by atoms with Gasteiger partial charge in [-0.2, -0.15) is 0 Å². The van der Waals surface area contributed by atoms with E-state index in [9.17, 15) is 0 Å². The summed E-state index contributed by atoms with van der Waals surface area (Å²) in [5, 5.41) is 8.32. The Morgan fingerprint density at radius 3 is 1.53 bits per heavy atom. The van der Waals surface area contributed by atoms with Gasteiger partial charge in [-0.05, 0) is 91.0 Å². The second kappa shape index (κ2) is 14.1. The van der Waals surface area contributed by atoms with Crippen molar-refractivity contribution >= 4 is 43.2 Å². The number of pyridine rings is 1. The first kappa shape index (κ1) is 33.6. The highest BCUT2D eigenvalue weighted by Crippen LogP contribution is 2.38. The summed E-state index contributed by atoms with van der Waals surface area (Å²) in [6, 6.07) is 75.3. The molecule has 11 rings (SSSR count). The van der Waals surface area contributed by atoms with E-state index < -0.39 is 0 Å². The number of fused-ring (bicyclic) bond motifs is 5. The minimum atomic E-state index is 0.704. The quantitative estimate of drug-likeness (QED) is 0.160. The summed E-state index contributed by atoms with van der Waals surface area (Å²) in [5.41, 5.74) is 12.5. The molecule has 0 saturated heterocycles. The van der Waals surface area contributed by atoms with Crippen molar-refractivity contribution < 1.29 is 0 Å². The molecule has 270 valence electrons. The molecule has 0 radical (unpaired) electrons. The fraction of sp³-hybridized carbons (Fsp3) is 0. The molecule has 0 unspecified atom stereocenters. The third kappa shape index (κ3) is 6.16. The first-order chi connectivity index (χ1) is 28.7. The van der Waals surface area contributed by atoms with E-state index in [2.05, 4.69) is 206 Å². The van der Waals surface area contributed by atoms with Crippen LogP contribution in [0.25, 0.3) is 111 Å². The van der Waals surface area contributed by atoms with Crippen LogP contribution in [0.4, 0.5) is 0 Å². The summed E-state index contributed by atoms with van der Waals surface area (Å²) in [6.45, 7) is 0. The minimum Gasteiger partial charge on any atom is -0.248 e. The van der Waals surface area contributed by atoms with E-state index in [0.717, 1.165) is 66.9 Å². The van der Waals surface area contributed by atoms with Crippen molar-refractivity contribution in [3.8, 4) is 67.4 Å². The molecule has 0 N–H and O–H groups in total. The zero-order valence-electron chi connectivity index (χ0n) is 31.5. The second-order valence-corrected chi connectivity index (χ2v) is 14.8. The Balaban J connectivity index is 1.01. The van der Waals surface area contributed by atoms with Crippen molar-refractivity contribution in [2.24, 2.45) is 0 Å². The van der Waals surface area contributed by atoms with Gasteiger partial charge < -0.3 is 0 Å². The smallest absolute Gasteiger partial charge is 0.160 e. The third-order valence-electron chi connectivity index (χ3n) is 11.2. The topological polar surface area (TPSA) is 38.7 Å². The average Bonchev–Trinajstić information content (AvgIpc) is 3.31. The maximum absolute atomic E-state index is 5.19. The SMILES string of the molecule is c1ccc(-c2cc(-c3cccc(-c4ccc(-c5cc(-c6ccc7ccccc7c6)nc(-c6ccc7ccccc7c6)n5)cc4)c3)c3c(ccc4ccccc43)n2)cc1. The highest BCUT2D eigenvalue weighted by molar-refractivity contribution is 6.14. The van der Waals surface area contributed by atoms with Crippen LogP contribution < -0.4 is 0 Å². The van der Waals surface area contributed by atoms with Crippen LogP contribution in [0.5, 0.6) is 0 Å². The second-order valence-electron chi connectivity index (χ2n) is 14.8. The van der Waals surface area contributed by atoms with Gasteiger partial charge in [-0.15, -0.1) is 0 Å². The first-order valence-electron chi connectivity index (χ1n) is 19.7. The van der Waals surface area contributed by atoms with Crippen molar-refractivity contribution in [2.45, 2.75) is 0 Å². The Hall–Kier alpha value is -7.75. The van der Waals surface area contributed by atoms with E-state index in [1.807, 2.05) is 6.07 Å². The van der Waals surface area contributed by atoms with Crippen molar-refractivity contribution in [3.05, 3.63) is 212 Å². The van der Waals surface area contributed by atoms with E-state index in [0.29, 0.717) is 5.82 Å². The number of benzene rings is 9. The summed E-state index contributed by atoms with van der Waals surface area (Å²) in [7, 11) is 0. The fourth-order valence-electron chi connectivity index (χ4n) is 8.24. The number of aromatic nitrogens is 3. The van der Waals surface area contributed by atoms with Gasteiger partial charge in [-0.25, -0.2) is 15.0 Å². The van der Waals surface area contributed by atoms with Crippen LogP contribution in [0.15, 0.2) is 212 Å². The predicted octanol–water partition coefficient (Wildman–Crippen LogP) is 14.5. The van der Waals surface area contributed by atoms with Crippen molar-refractivity contribution in [3.63, 3.8) is 0 Å². The highest BCUT2D eigenvalue weighted by atomic mass is 14.9. The molecule has 3 heteroatoms. The fourth-order valence-corrected chi connectivity index (χ4v) is 8.24. The number of hydrogen-bond acceptors (Lipinski definition) is 3. The third-order valence-corrected chi connectivity index (χ3v) is 11.2. The van der Waals surface area contributed by atoms with Gasteiger partial charge in [0.15, 0.2) is 5.82 Å². The Morgan fingerprint density at radius 1 is 0.259 bits per heavy atom. The van der Waals surface area contributed by atoms with Gasteiger partial charge in [0, 0.05) is 27.6 Å². The average molecular weight is 738 g/mol. The van der Waals surface area contributed by atoms with Crippen LogP contribution in [-0.4, -0.2) is 15.0 Å².